The number of H-pyrrole nitrogens is 1. The summed E-state index contributed by atoms with van der Waals surface area (Å²) in [5, 5.41) is 4.69. The van der Waals surface area contributed by atoms with Crippen molar-refractivity contribution in [3.63, 3.8) is 0 Å². The maximum absolute atomic E-state index is 12.8. The van der Waals surface area contributed by atoms with Gasteiger partial charge in [-0.3, -0.25) is 14.7 Å². The Bertz CT molecular complexity index is 1260. The Hall–Kier alpha value is -3.19. The van der Waals surface area contributed by atoms with Gasteiger partial charge < -0.3 is 15.0 Å². The van der Waals surface area contributed by atoms with Gasteiger partial charge in [0.05, 0.1) is 24.9 Å². The number of rotatable bonds is 5. The topological polar surface area (TPSA) is 70.2 Å². The summed E-state index contributed by atoms with van der Waals surface area (Å²) >= 11 is 5.95. The molecule has 1 fully saturated rings. The number of nitrogens with one attached hydrogen (secondary N) is 2. The number of carbonyl (C=O) groups excluding carboxylic acids is 1. The highest BCUT2D eigenvalue weighted by molar-refractivity contribution is 6.30. The largest absolute Gasteiger partial charge is 0.379 e. The number of hydrogen-bond acceptors (Lipinski definition) is 4. The third-order valence-corrected chi connectivity index (χ3v) is 6.30. The molecule has 2 N–H and O–H groups in total. The number of amides is 1. The van der Waals surface area contributed by atoms with Crippen LogP contribution in [0, 0.1) is 6.92 Å². The maximum atomic E-state index is 12.8. The Balaban J connectivity index is 1.54. The average Bonchev–Trinajstić information content (AvgIpc) is 3.16. The molecule has 6 nitrogen and oxygen atoms in total. The van der Waals surface area contributed by atoms with Gasteiger partial charge in [0.2, 0.25) is 0 Å². The fourth-order valence-corrected chi connectivity index (χ4v) is 4.60. The number of halogens is 1. The van der Waals surface area contributed by atoms with Crippen molar-refractivity contribution in [1.29, 1.82) is 0 Å². The number of aryl methyl sites for hydroxylation is 1. The fraction of sp³-hybridized carbons (Fsp3) is 0.231. The molecule has 33 heavy (non-hydrogen) atoms. The van der Waals surface area contributed by atoms with Crippen LogP contribution in [0.3, 0.4) is 0 Å². The van der Waals surface area contributed by atoms with E-state index in [1.54, 1.807) is 24.3 Å². The zero-order valence-corrected chi connectivity index (χ0v) is 19.1. The van der Waals surface area contributed by atoms with Crippen molar-refractivity contribution in [2.24, 2.45) is 0 Å². The van der Waals surface area contributed by atoms with Crippen molar-refractivity contribution in [3.8, 4) is 0 Å². The Labute approximate surface area is 197 Å². The van der Waals surface area contributed by atoms with Crippen molar-refractivity contribution in [1.82, 2.24) is 14.9 Å². The van der Waals surface area contributed by atoms with Crippen molar-refractivity contribution < 1.29 is 9.53 Å². The first-order valence-corrected chi connectivity index (χ1v) is 11.4. The number of carbonyl (C=O) groups is 1. The molecule has 0 radical (unpaired) electrons. The number of aromatic nitrogens is 2. The smallest absolute Gasteiger partial charge is 0.255 e. The van der Waals surface area contributed by atoms with Gasteiger partial charge in [-0.1, -0.05) is 17.7 Å². The van der Waals surface area contributed by atoms with Gasteiger partial charge in [0, 0.05) is 57.7 Å². The molecule has 0 spiro atoms. The summed E-state index contributed by atoms with van der Waals surface area (Å²) in [6, 6.07) is 18.9. The number of fused-ring (bicyclic) bond motifs is 1. The van der Waals surface area contributed by atoms with E-state index >= 15 is 0 Å². The number of anilines is 1. The molecule has 2 aromatic heterocycles. The molecule has 4 aromatic rings. The van der Waals surface area contributed by atoms with E-state index in [2.05, 4.69) is 28.2 Å². The van der Waals surface area contributed by atoms with Crippen LogP contribution in [0.5, 0.6) is 0 Å². The minimum absolute atomic E-state index is 0.00827. The molecule has 0 bridgehead atoms. The second-order valence-electron chi connectivity index (χ2n) is 8.19. The van der Waals surface area contributed by atoms with Gasteiger partial charge in [-0.05, 0) is 61.5 Å². The molecule has 5 rings (SSSR count). The lowest BCUT2D eigenvalue weighted by molar-refractivity contribution is 0.0234. The third-order valence-electron chi connectivity index (χ3n) is 6.05. The van der Waals surface area contributed by atoms with Crippen molar-refractivity contribution >= 4 is 34.1 Å². The second kappa shape index (κ2) is 9.35. The summed E-state index contributed by atoms with van der Waals surface area (Å²) in [5.41, 5.74) is 5.59. The summed E-state index contributed by atoms with van der Waals surface area (Å²) in [6.45, 7) is 5.17. The van der Waals surface area contributed by atoms with Crippen LogP contribution in [-0.2, 0) is 4.74 Å². The number of pyridine rings is 1. The van der Waals surface area contributed by atoms with Gasteiger partial charge >= 0.3 is 0 Å². The first-order valence-electron chi connectivity index (χ1n) is 11.0. The predicted octanol–water partition coefficient (Wildman–Crippen LogP) is 5.20. The molecule has 1 saturated heterocycles. The highest BCUT2D eigenvalue weighted by atomic mass is 35.5. The second-order valence-corrected chi connectivity index (χ2v) is 8.63. The van der Waals surface area contributed by atoms with Crippen LogP contribution in [0.4, 0.5) is 5.69 Å². The van der Waals surface area contributed by atoms with E-state index in [4.69, 9.17) is 21.3 Å². The average molecular weight is 461 g/mol. The number of hydrogen-bond donors (Lipinski definition) is 2. The van der Waals surface area contributed by atoms with Crippen LogP contribution < -0.4 is 5.32 Å². The summed E-state index contributed by atoms with van der Waals surface area (Å²) in [5.74, 6) is -0.172. The molecule has 3 heterocycles. The van der Waals surface area contributed by atoms with Crippen molar-refractivity contribution in [2.75, 3.05) is 31.6 Å². The van der Waals surface area contributed by atoms with E-state index in [9.17, 15) is 4.79 Å². The van der Waals surface area contributed by atoms with E-state index in [-0.39, 0.29) is 11.9 Å². The molecular weight excluding hydrogens is 436 g/mol. The lowest BCUT2D eigenvalue weighted by Gasteiger charge is -2.34. The third kappa shape index (κ3) is 4.50. The summed E-state index contributed by atoms with van der Waals surface area (Å²) < 4.78 is 5.61. The van der Waals surface area contributed by atoms with Gasteiger partial charge in [-0.15, -0.1) is 0 Å². The number of morpholine rings is 1. The van der Waals surface area contributed by atoms with Crippen LogP contribution in [0.2, 0.25) is 5.02 Å². The first-order chi connectivity index (χ1) is 16.1. The molecule has 1 atom stereocenters. The molecule has 168 valence electrons. The van der Waals surface area contributed by atoms with Gasteiger partial charge in [0.1, 0.15) is 0 Å². The zero-order chi connectivity index (χ0) is 22.8. The van der Waals surface area contributed by atoms with Crippen LogP contribution in [-0.4, -0.2) is 47.1 Å². The van der Waals surface area contributed by atoms with Gasteiger partial charge in [-0.25, -0.2) is 0 Å². The van der Waals surface area contributed by atoms with Crippen molar-refractivity contribution in [2.45, 2.75) is 13.0 Å². The standard InChI is InChI=1S/C26H25ClN4O2/c1-17-24(25(23-4-2-3-11-28-23)31-12-14-33-15-13-31)21-16-20(9-10-22(21)29-17)30-26(32)18-5-7-19(27)8-6-18/h2-11,16,25,29H,12-15H2,1H3,(H,30,32). The number of aromatic amines is 1. The van der Waals surface area contributed by atoms with E-state index in [1.807, 2.05) is 36.5 Å². The molecular formula is C26H25ClN4O2. The van der Waals surface area contributed by atoms with Crippen molar-refractivity contribution in [3.05, 3.63) is 94.4 Å². The summed E-state index contributed by atoms with van der Waals surface area (Å²) in [6.07, 6.45) is 1.84. The van der Waals surface area contributed by atoms with E-state index in [1.165, 1.54) is 5.56 Å². The lowest BCUT2D eigenvalue weighted by atomic mass is 9.97. The molecule has 0 saturated carbocycles. The summed E-state index contributed by atoms with van der Waals surface area (Å²) in [7, 11) is 0. The Morgan fingerprint density at radius 1 is 1.12 bits per heavy atom. The molecule has 7 heteroatoms. The van der Waals surface area contributed by atoms with E-state index < -0.39 is 0 Å². The van der Waals surface area contributed by atoms with Gasteiger partial charge in [-0.2, -0.15) is 0 Å². The zero-order valence-electron chi connectivity index (χ0n) is 18.3. The Morgan fingerprint density at radius 2 is 1.91 bits per heavy atom. The monoisotopic (exact) mass is 460 g/mol. The number of nitrogens with zero attached hydrogens (tertiary/aromatic N) is 2. The van der Waals surface area contributed by atoms with Crippen LogP contribution in [0.25, 0.3) is 10.9 Å². The Kier molecular flexibility index (Phi) is 6.13. The molecule has 0 aliphatic carbocycles. The normalized spacial score (nSPS) is 15.5. The summed E-state index contributed by atoms with van der Waals surface area (Å²) in [4.78, 5) is 23.4. The van der Waals surface area contributed by atoms with Crippen LogP contribution in [0.1, 0.15) is 33.4 Å². The minimum Gasteiger partial charge on any atom is -0.379 e. The Morgan fingerprint density at radius 3 is 2.64 bits per heavy atom. The van der Waals surface area contributed by atoms with Crippen LogP contribution >= 0.6 is 11.6 Å². The van der Waals surface area contributed by atoms with Gasteiger partial charge in [0.25, 0.3) is 5.91 Å². The highest BCUT2D eigenvalue weighted by Gasteiger charge is 2.29. The highest BCUT2D eigenvalue weighted by Crippen LogP contribution is 2.37. The molecule has 1 unspecified atom stereocenters. The molecule has 1 aliphatic rings. The molecule has 2 aromatic carbocycles. The molecule has 1 aliphatic heterocycles. The van der Waals surface area contributed by atoms with E-state index in [0.717, 1.165) is 41.1 Å². The first kappa shape index (κ1) is 21.6. The quantitative estimate of drug-likeness (QED) is 0.429. The number of ether oxygens (including phenoxy) is 1. The fourth-order valence-electron chi connectivity index (χ4n) is 4.47. The minimum atomic E-state index is -0.172. The van der Waals surface area contributed by atoms with Gasteiger partial charge in [0.15, 0.2) is 0 Å². The van der Waals surface area contributed by atoms with E-state index in [0.29, 0.717) is 23.8 Å². The lowest BCUT2D eigenvalue weighted by Crippen LogP contribution is -2.40. The maximum Gasteiger partial charge on any atom is 0.255 e. The van der Waals surface area contributed by atoms with Crippen LogP contribution in [0.15, 0.2) is 66.9 Å². The number of benzene rings is 2. The molecule has 1 amide bonds. The predicted molar refractivity (Wildman–Crippen MR) is 131 cm³/mol. The SMILES string of the molecule is Cc1[nH]c2ccc(NC(=O)c3ccc(Cl)cc3)cc2c1C(c1ccccn1)N1CCOCC1.